The minimum absolute atomic E-state index is 0.00596. The van der Waals surface area contributed by atoms with Gasteiger partial charge in [0.05, 0.1) is 21.9 Å². The van der Waals surface area contributed by atoms with E-state index in [1.807, 2.05) is 0 Å². The van der Waals surface area contributed by atoms with Gasteiger partial charge in [0.2, 0.25) is 5.95 Å². The molecule has 0 saturated carbocycles. The lowest BCUT2D eigenvalue weighted by atomic mass is 10.1. The molecule has 2 aromatic carbocycles. The summed E-state index contributed by atoms with van der Waals surface area (Å²) in [5.74, 6) is 0.265. The number of rotatable bonds is 2. The Kier molecular flexibility index (Phi) is 3.91. The summed E-state index contributed by atoms with van der Waals surface area (Å²) in [5, 5.41) is 7.72. The monoisotopic (exact) mass is 387 g/mol. The number of hydrogen-bond donors (Lipinski definition) is 2. The summed E-state index contributed by atoms with van der Waals surface area (Å²) in [5.41, 5.74) is -1.86. The molecule has 28 heavy (non-hydrogen) atoms. The van der Waals surface area contributed by atoms with Gasteiger partial charge in [-0.3, -0.25) is 14.6 Å². The fraction of sp³-hybridized carbons (Fsp3) is 0.111. The minimum Gasteiger partial charge on any atom is -0.308 e. The van der Waals surface area contributed by atoms with Crippen LogP contribution in [0, 0.1) is 0 Å². The molecule has 0 aliphatic heterocycles. The first-order valence-corrected chi connectivity index (χ1v) is 8.08. The van der Waals surface area contributed by atoms with Crippen molar-refractivity contribution in [3.8, 4) is 0 Å². The molecule has 0 unspecified atom stereocenters. The quantitative estimate of drug-likeness (QED) is 0.552. The summed E-state index contributed by atoms with van der Waals surface area (Å²) in [6.07, 6.45) is -4.56. The highest BCUT2D eigenvalue weighted by Gasteiger charge is 2.30. The van der Waals surface area contributed by atoms with Crippen LogP contribution in [0.4, 0.5) is 24.9 Å². The average Bonchev–Trinajstić information content (AvgIpc) is 2.65. The molecule has 0 atom stereocenters. The lowest BCUT2D eigenvalue weighted by Crippen LogP contribution is -2.21. The van der Waals surface area contributed by atoms with E-state index in [9.17, 15) is 22.8 Å². The van der Waals surface area contributed by atoms with Crippen LogP contribution in [0.2, 0.25) is 0 Å². The number of fused-ring (bicyclic) bond motifs is 2. The van der Waals surface area contributed by atoms with Crippen molar-refractivity contribution in [2.24, 2.45) is 7.05 Å². The molecular weight excluding hydrogens is 375 g/mol. The van der Waals surface area contributed by atoms with Crippen molar-refractivity contribution in [3.05, 3.63) is 68.7 Å². The van der Waals surface area contributed by atoms with Crippen molar-refractivity contribution in [2.45, 2.75) is 6.18 Å². The van der Waals surface area contributed by atoms with Gasteiger partial charge in [0.15, 0.2) is 5.82 Å². The smallest absolute Gasteiger partial charge is 0.308 e. The molecule has 7 nitrogen and oxygen atoms in total. The molecule has 142 valence electrons. The summed E-state index contributed by atoms with van der Waals surface area (Å²) >= 11 is 0. The second-order valence-electron chi connectivity index (χ2n) is 6.09. The van der Waals surface area contributed by atoms with Crippen molar-refractivity contribution in [2.75, 3.05) is 5.32 Å². The van der Waals surface area contributed by atoms with Crippen molar-refractivity contribution >= 4 is 33.4 Å². The summed E-state index contributed by atoms with van der Waals surface area (Å²) in [7, 11) is 1.48. The number of anilines is 2. The van der Waals surface area contributed by atoms with Crippen LogP contribution < -0.4 is 16.4 Å². The first kappa shape index (κ1) is 17.7. The van der Waals surface area contributed by atoms with E-state index in [1.165, 1.54) is 7.05 Å². The molecule has 0 amide bonds. The zero-order chi connectivity index (χ0) is 20.1. The molecule has 0 aliphatic carbocycles. The van der Waals surface area contributed by atoms with Gasteiger partial charge < -0.3 is 5.32 Å². The van der Waals surface area contributed by atoms with Crippen LogP contribution in [-0.4, -0.2) is 19.7 Å². The third-order valence-corrected chi connectivity index (χ3v) is 4.23. The molecule has 2 N–H and O–H groups in total. The van der Waals surface area contributed by atoms with E-state index in [4.69, 9.17) is 0 Å². The normalized spacial score (nSPS) is 11.9. The molecule has 0 bridgehead atoms. The van der Waals surface area contributed by atoms with E-state index in [2.05, 4.69) is 20.4 Å². The Hall–Kier alpha value is -3.69. The van der Waals surface area contributed by atoms with Crippen LogP contribution in [0.15, 0.2) is 52.1 Å². The van der Waals surface area contributed by atoms with Crippen molar-refractivity contribution < 1.29 is 13.2 Å². The molecule has 0 spiro atoms. The number of hydrogen-bond acceptors (Lipinski definition) is 5. The van der Waals surface area contributed by atoms with Crippen LogP contribution in [0.25, 0.3) is 21.7 Å². The summed E-state index contributed by atoms with van der Waals surface area (Å²) in [6.45, 7) is 0. The molecule has 10 heteroatoms. The largest absolute Gasteiger partial charge is 0.416 e. The molecule has 0 saturated heterocycles. The summed E-state index contributed by atoms with van der Waals surface area (Å²) < 4.78 is 39.7. The Balaban J connectivity index is 1.84. The fourth-order valence-electron chi connectivity index (χ4n) is 2.88. The molecule has 2 aromatic heterocycles. The first-order chi connectivity index (χ1) is 13.2. The average molecular weight is 387 g/mol. The molecule has 2 heterocycles. The Morgan fingerprint density at radius 1 is 1.04 bits per heavy atom. The topological polar surface area (TPSA) is 92.7 Å². The van der Waals surface area contributed by atoms with Crippen LogP contribution in [-0.2, 0) is 13.2 Å². The Labute approximate surface area is 154 Å². The zero-order valence-electron chi connectivity index (χ0n) is 14.3. The number of alkyl halides is 3. The van der Waals surface area contributed by atoms with Crippen molar-refractivity contribution in [3.63, 3.8) is 0 Å². The Morgan fingerprint density at radius 2 is 1.75 bits per heavy atom. The van der Waals surface area contributed by atoms with Gasteiger partial charge in [0.25, 0.3) is 11.1 Å². The zero-order valence-corrected chi connectivity index (χ0v) is 14.3. The third kappa shape index (κ3) is 2.98. The van der Waals surface area contributed by atoms with Gasteiger partial charge in [0.1, 0.15) is 0 Å². The third-order valence-electron chi connectivity index (χ3n) is 4.23. The maximum Gasteiger partial charge on any atom is 0.416 e. The van der Waals surface area contributed by atoms with E-state index in [1.54, 1.807) is 24.3 Å². The highest BCUT2D eigenvalue weighted by molar-refractivity contribution is 5.92. The second kappa shape index (κ2) is 6.19. The van der Waals surface area contributed by atoms with Gasteiger partial charge in [-0.05, 0) is 24.3 Å². The number of halogens is 3. The number of aromatic amines is 1. The fourth-order valence-corrected chi connectivity index (χ4v) is 2.88. The van der Waals surface area contributed by atoms with Crippen LogP contribution in [0.1, 0.15) is 5.56 Å². The van der Waals surface area contributed by atoms with Crippen LogP contribution in [0.3, 0.4) is 0 Å². The summed E-state index contributed by atoms with van der Waals surface area (Å²) in [6, 6.07) is 9.50. The van der Waals surface area contributed by atoms with Crippen molar-refractivity contribution in [1.82, 2.24) is 19.7 Å². The Bertz CT molecular complexity index is 1340. The molecule has 4 rings (SSSR count). The van der Waals surface area contributed by atoms with E-state index in [0.717, 1.165) is 22.9 Å². The highest BCUT2D eigenvalue weighted by atomic mass is 19.4. The first-order valence-electron chi connectivity index (χ1n) is 8.08. The standard InChI is InChI=1S/C18H12F3N5O2/c1-26-16(28)11-5-3-2-4-10(11)14(25-26)23-17-22-13-7-6-9(18(19,20)21)8-12(13)15(27)24-17/h2-8H,1H3,(H2,22,23,24,25,27). The van der Waals surface area contributed by atoms with E-state index in [-0.39, 0.29) is 28.2 Å². The number of benzene rings is 2. The van der Waals surface area contributed by atoms with E-state index in [0.29, 0.717) is 10.8 Å². The van der Waals surface area contributed by atoms with Crippen molar-refractivity contribution in [1.29, 1.82) is 0 Å². The number of nitrogens with one attached hydrogen (secondary N) is 2. The molecule has 0 radical (unpaired) electrons. The Morgan fingerprint density at radius 3 is 2.46 bits per heavy atom. The van der Waals surface area contributed by atoms with Gasteiger partial charge in [-0.25, -0.2) is 9.67 Å². The highest BCUT2D eigenvalue weighted by Crippen LogP contribution is 2.30. The maximum absolute atomic E-state index is 12.9. The molecule has 4 aromatic rings. The van der Waals surface area contributed by atoms with Gasteiger partial charge in [0, 0.05) is 12.4 Å². The molecular formula is C18H12F3N5O2. The van der Waals surface area contributed by atoms with Gasteiger partial charge >= 0.3 is 6.18 Å². The second-order valence-corrected chi connectivity index (χ2v) is 6.09. The predicted molar refractivity (Wildman–Crippen MR) is 97.6 cm³/mol. The van der Waals surface area contributed by atoms with Gasteiger partial charge in [-0.1, -0.05) is 18.2 Å². The van der Waals surface area contributed by atoms with Gasteiger partial charge in [-0.2, -0.15) is 18.3 Å². The van der Waals surface area contributed by atoms with Gasteiger partial charge in [-0.15, -0.1) is 0 Å². The lowest BCUT2D eigenvalue weighted by molar-refractivity contribution is -0.137. The van der Waals surface area contributed by atoms with E-state index < -0.39 is 17.3 Å². The minimum atomic E-state index is -4.56. The predicted octanol–water partition coefficient (Wildman–Crippen LogP) is 2.93. The summed E-state index contributed by atoms with van der Waals surface area (Å²) in [4.78, 5) is 31.0. The van der Waals surface area contributed by atoms with Crippen LogP contribution >= 0.6 is 0 Å². The number of aryl methyl sites for hydroxylation is 1. The number of H-pyrrole nitrogens is 1. The van der Waals surface area contributed by atoms with E-state index >= 15 is 0 Å². The molecule has 0 aliphatic rings. The lowest BCUT2D eigenvalue weighted by Gasteiger charge is -2.11. The van der Waals surface area contributed by atoms with Crippen LogP contribution in [0.5, 0.6) is 0 Å². The SMILES string of the molecule is Cn1nc(Nc2nc3ccc(C(F)(F)F)cc3c(=O)[nH]2)c2ccccc2c1=O. The molecule has 0 fully saturated rings. The maximum atomic E-state index is 12.9. The number of nitrogens with zero attached hydrogens (tertiary/aromatic N) is 3. The number of aromatic nitrogens is 4.